The van der Waals surface area contributed by atoms with Gasteiger partial charge in [0.15, 0.2) is 0 Å². The number of nitro groups is 1. The molecule has 1 aromatic heterocycles. The lowest BCUT2D eigenvalue weighted by Gasteiger charge is -2.05. The molecule has 1 aromatic carbocycles. The Kier molecular flexibility index (Phi) is 3.65. The van der Waals surface area contributed by atoms with Gasteiger partial charge in [0, 0.05) is 18.2 Å². The zero-order valence-corrected chi connectivity index (χ0v) is 10.4. The molecular formula is C12H14N4O3. The van der Waals surface area contributed by atoms with Gasteiger partial charge in [0.1, 0.15) is 11.4 Å². The molecule has 3 N–H and O–H groups in total. The van der Waals surface area contributed by atoms with Gasteiger partial charge < -0.3 is 15.5 Å². The lowest BCUT2D eigenvalue weighted by atomic mass is 10.2. The Bertz CT molecular complexity index is 594. The predicted octanol–water partition coefficient (Wildman–Crippen LogP) is 2.34. The molecular weight excluding hydrogens is 248 g/mol. The van der Waals surface area contributed by atoms with Crippen LogP contribution in [0.4, 0.5) is 17.1 Å². The second-order valence-electron chi connectivity index (χ2n) is 3.96. The van der Waals surface area contributed by atoms with E-state index in [9.17, 15) is 10.1 Å². The molecule has 0 radical (unpaired) electrons. The van der Waals surface area contributed by atoms with Gasteiger partial charge in [-0.05, 0) is 12.1 Å². The largest absolute Gasteiger partial charge is 0.444 e. The highest BCUT2D eigenvalue weighted by Gasteiger charge is 2.11. The summed E-state index contributed by atoms with van der Waals surface area (Å²) in [7, 11) is 0. The van der Waals surface area contributed by atoms with Crippen molar-refractivity contribution in [3.05, 3.63) is 46.2 Å². The molecule has 0 bridgehead atoms. The van der Waals surface area contributed by atoms with Gasteiger partial charge in [-0.2, -0.15) is 0 Å². The third kappa shape index (κ3) is 3.01. The molecule has 0 unspecified atom stereocenters. The molecule has 7 nitrogen and oxygen atoms in total. The molecule has 2 aromatic rings. The van der Waals surface area contributed by atoms with E-state index in [1.54, 1.807) is 12.3 Å². The summed E-state index contributed by atoms with van der Waals surface area (Å²) in [6, 6.07) is 4.48. The first-order valence-electron chi connectivity index (χ1n) is 5.81. The Balaban J connectivity index is 2.03. The van der Waals surface area contributed by atoms with Gasteiger partial charge in [-0.15, -0.1) is 0 Å². The average Bonchev–Trinajstić information content (AvgIpc) is 2.84. The summed E-state index contributed by atoms with van der Waals surface area (Å²) in [5.41, 5.74) is 6.30. The zero-order chi connectivity index (χ0) is 13.8. The molecule has 100 valence electrons. The fourth-order valence-corrected chi connectivity index (χ4v) is 1.60. The summed E-state index contributed by atoms with van der Waals surface area (Å²) in [6.07, 6.45) is 2.47. The Hall–Kier alpha value is -2.57. The Morgan fingerprint density at radius 1 is 1.53 bits per heavy atom. The summed E-state index contributed by atoms with van der Waals surface area (Å²) < 4.78 is 5.43. The van der Waals surface area contributed by atoms with Crippen molar-refractivity contribution >= 4 is 17.1 Å². The summed E-state index contributed by atoms with van der Waals surface area (Å²) in [6.45, 7) is 2.38. The summed E-state index contributed by atoms with van der Waals surface area (Å²) >= 11 is 0. The molecule has 0 saturated heterocycles. The smallest absolute Gasteiger partial charge is 0.292 e. The number of nitrogens with zero attached hydrogens (tertiary/aromatic N) is 2. The van der Waals surface area contributed by atoms with E-state index in [0.717, 1.165) is 12.2 Å². The van der Waals surface area contributed by atoms with Crippen molar-refractivity contribution in [2.24, 2.45) is 0 Å². The first kappa shape index (κ1) is 12.9. The molecule has 0 amide bonds. The second-order valence-corrected chi connectivity index (χ2v) is 3.96. The molecule has 7 heteroatoms. The van der Waals surface area contributed by atoms with Crippen LogP contribution in [0.3, 0.4) is 0 Å². The van der Waals surface area contributed by atoms with E-state index in [1.807, 2.05) is 6.92 Å². The predicted molar refractivity (Wildman–Crippen MR) is 70.7 cm³/mol. The molecule has 0 saturated carbocycles. The van der Waals surface area contributed by atoms with Crippen LogP contribution in [0.1, 0.15) is 18.6 Å². The lowest BCUT2D eigenvalue weighted by molar-refractivity contribution is -0.383. The van der Waals surface area contributed by atoms with E-state index >= 15 is 0 Å². The molecule has 0 aliphatic heterocycles. The van der Waals surface area contributed by atoms with Crippen LogP contribution in [0.2, 0.25) is 0 Å². The van der Waals surface area contributed by atoms with Gasteiger partial charge in [0.25, 0.3) is 5.69 Å². The maximum absolute atomic E-state index is 10.6. The average molecular weight is 262 g/mol. The molecule has 0 spiro atoms. The normalized spacial score (nSPS) is 10.4. The molecule has 1 heterocycles. The second kappa shape index (κ2) is 5.38. The lowest BCUT2D eigenvalue weighted by Crippen LogP contribution is -2.01. The van der Waals surface area contributed by atoms with Crippen LogP contribution in [0.25, 0.3) is 0 Å². The van der Waals surface area contributed by atoms with Crippen molar-refractivity contribution < 1.29 is 9.34 Å². The molecule has 0 aliphatic rings. The number of aryl methyl sites for hydroxylation is 1. The number of nitrogens with one attached hydrogen (secondary N) is 1. The van der Waals surface area contributed by atoms with Crippen LogP contribution in [0.5, 0.6) is 0 Å². The third-order valence-electron chi connectivity index (χ3n) is 2.62. The highest BCUT2D eigenvalue weighted by Crippen LogP contribution is 2.24. The molecule has 0 fully saturated rings. The maximum atomic E-state index is 10.6. The molecule has 0 atom stereocenters. The number of rotatable bonds is 5. The number of nitro benzene ring substituents is 1. The number of nitrogen functional groups attached to an aromatic ring is 1. The number of aromatic nitrogens is 1. The van der Waals surface area contributed by atoms with Crippen molar-refractivity contribution in [2.45, 2.75) is 19.9 Å². The van der Waals surface area contributed by atoms with Gasteiger partial charge in [-0.1, -0.05) is 6.92 Å². The number of hydrogen-bond donors (Lipinski definition) is 2. The van der Waals surface area contributed by atoms with Crippen LogP contribution >= 0.6 is 0 Å². The van der Waals surface area contributed by atoms with E-state index in [-0.39, 0.29) is 11.4 Å². The van der Waals surface area contributed by atoms with Crippen molar-refractivity contribution in [2.75, 3.05) is 11.1 Å². The third-order valence-corrected chi connectivity index (χ3v) is 2.62. The van der Waals surface area contributed by atoms with Crippen molar-refractivity contribution in [1.82, 2.24) is 4.98 Å². The van der Waals surface area contributed by atoms with Gasteiger partial charge >= 0.3 is 0 Å². The van der Waals surface area contributed by atoms with E-state index < -0.39 is 4.92 Å². The number of hydrogen-bond acceptors (Lipinski definition) is 6. The highest BCUT2D eigenvalue weighted by atomic mass is 16.6. The fourth-order valence-electron chi connectivity index (χ4n) is 1.60. The minimum atomic E-state index is -0.513. The van der Waals surface area contributed by atoms with Gasteiger partial charge in [-0.25, -0.2) is 4.98 Å². The number of oxazole rings is 1. The van der Waals surface area contributed by atoms with E-state index in [1.165, 1.54) is 12.1 Å². The number of benzene rings is 1. The van der Waals surface area contributed by atoms with Crippen LogP contribution in [0, 0.1) is 10.1 Å². The minimum absolute atomic E-state index is 0.102. The standard InChI is InChI=1S/C12H14N4O3/c1-2-9-6-15-12(19-9)7-14-8-3-4-11(16(17)18)10(13)5-8/h3-6,14H,2,7,13H2,1H3. The fraction of sp³-hybridized carbons (Fsp3) is 0.250. The van der Waals surface area contributed by atoms with Crippen LogP contribution in [0.15, 0.2) is 28.8 Å². The summed E-state index contributed by atoms with van der Waals surface area (Å²) in [5.74, 6) is 1.38. The van der Waals surface area contributed by atoms with Crippen molar-refractivity contribution in [3.8, 4) is 0 Å². The first-order valence-corrected chi connectivity index (χ1v) is 5.81. The Labute approximate surface area is 109 Å². The SMILES string of the molecule is CCc1cnc(CNc2ccc([N+](=O)[O-])c(N)c2)o1. The van der Waals surface area contributed by atoms with Crippen LogP contribution < -0.4 is 11.1 Å². The van der Waals surface area contributed by atoms with Gasteiger partial charge in [-0.3, -0.25) is 10.1 Å². The quantitative estimate of drug-likeness (QED) is 0.486. The highest BCUT2D eigenvalue weighted by molar-refractivity contribution is 5.65. The van der Waals surface area contributed by atoms with Crippen molar-refractivity contribution in [3.63, 3.8) is 0 Å². The molecule has 19 heavy (non-hydrogen) atoms. The molecule has 0 aliphatic carbocycles. The zero-order valence-electron chi connectivity index (χ0n) is 10.4. The Morgan fingerprint density at radius 2 is 2.32 bits per heavy atom. The first-order chi connectivity index (χ1) is 9.10. The Morgan fingerprint density at radius 3 is 2.89 bits per heavy atom. The number of anilines is 2. The maximum Gasteiger partial charge on any atom is 0.292 e. The van der Waals surface area contributed by atoms with E-state index in [2.05, 4.69) is 10.3 Å². The monoisotopic (exact) mass is 262 g/mol. The van der Waals surface area contributed by atoms with Crippen molar-refractivity contribution in [1.29, 1.82) is 0 Å². The number of nitrogens with two attached hydrogens (primary N) is 1. The summed E-state index contributed by atoms with van der Waals surface area (Å²) in [5, 5.41) is 13.7. The van der Waals surface area contributed by atoms with Crippen LogP contribution in [-0.2, 0) is 13.0 Å². The molecule has 2 rings (SSSR count). The van der Waals surface area contributed by atoms with Gasteiger partial charge in [0.05, 0.1) is 17.7 Å². The topological polar surface area (TPSA) is 107 Å². The van der Waals surface area contributed by atoms with E-state index in [4.69, 9.17) is 10.2 Å². The summed E-state index contributed by atoms with van der Waals surface area (Å²) in [4.78, 5) is 14.2. The van der Waals surface area contributed by atoms with Gasteiger partial charge in [0.2, 0.25) is 5.89 Å². The minimum Gasteiger partial charge on any atom is -0.444 e. The van der Waals surface area contributed by atoms with E-state index in [0.29, 0.717) is 18.1 Å². The van der Waals surface area contributed by atoms with Crippen LogP contribution in [-0.4, -0.2) is 9.91 Å².